The van der Waals surface area contributed by atoms with Crippen LogP contribution in [0.3, 0.4) is 0 Å². The summed E-state index contributed by atoms with van der Waals surface area (Å²) in [5, 5.41) is 6.34. The number of amides is 3. The maximum atomic E-state index is 15.5. The highest BCUT2D eigenvalue weighted by atomic mass is 19.1. The van der Waals surface area contributed by atoms with Crippen molar-refractivity contribution in [3.8, 4) is 11.4 Å². The molecule has 2 aromatic carbocycles. The first kappa shape index (κ1) is 29.5. The topological polar surface area (TPSA) is 108 Å². The molecule has 4 aromatic rings. The third kappa shape index (κ3) is 6.22. The Hall–Kier alpha value is -4.55. The first-order valence-corrected chi connectivity index (χ1v) is 15.1. The van der Waals surface area contributed by atoms with Gasteiger partial charge in [-0.2, -0.15) is 0 Å². The number of nitrogens with one attached hydrogen (secondary N) is 2. The number of aromatic nitrogens is 3. The van der Waals surface area contributed by atoms with Crippen LogP contribution < -0.4 is 15.5 Å². The van der Waals surface area contributed by atoms with Crippen LogP contribution in [0.4, 0.5) is 26.4 Å². The lowest BCUT2D eigenvalue weighted by atomic mass is 10.1. The second-order valence-electron chi connectivity index (χ2n) is 10.9. The number of hydrogen-bond donors (Lipinski definition) is 2. The van der Waals surface area contributed by atoms with Crippen molar-refractivity contribution in [2.24, 2.45) is 0 Å². The molecular weight excluding hydrogens is 563 g/mol. The molecule has 4 heterocycles. The Balaban J connectivity index is 1.13. The number of carbonyl (C=O) groups excluding carboxylic acids is 2. The molecule has 0 saturated carbocycles. The fourth-order valence-electron chi connectivity index (χ4n) is 5.65. The molecule has 2 fully saturated rings. The number of anilines is 3. The number of halogens is 1. The number of benzene rings is 2. The number of urea groups is 1. The molecule has 2 aliphatic rings. The van der Waals surface area contributed by atoms with Crippen LogP contribution in [0.2, 0.25) is 0 Å². The number of nitrogens with zero attached hydrogens (tertiary/aromatic N) is 6. The minimum Gasteiger partial charge on any atom is -0.378 e. The zero-order chi connectivity index (χ0) is 30.6. The van der Waals surface area contributed by atoms with Crippen LogP contribution >= 0.6 is 0 Å². The number of ether oxygens (including phenoxy) is 1. The van der Waals surface area contributed by atoms with Crippen LogP contribution in [0.15, 0.2) is 54.7 Å². The molecule has 0 radical (unpaired) electrons. The van der Waals surface area contributed by atoms with Gasteiger partial charge in [0.2, 0.25) is 0 Å². The van der Waals surface area contributed by atoms with Crippen LogP contribution in [0, 0.1) is 5.82 Å². The van der Waals surface area contributed by atoms with Crippen molar-refractivity contribution in [1.82, 2.24) is 24.3 Å². The maximum absolute atomic E-state index is 15.5. The minimum atomic E-state index is -0.549. The van der Waals surface area contributed by atoms with Crippen LogP contribution in [0.1, 0.15) is 24.2 Å². The van der Waals surface area contributed by atoms with Gasteiger partial charge in [-0.1, -0.05) is 6.92 Å². The van der Waals surface area contributed by atoms with Gasteiger partial charge in [-0.25, -0.2) is 19.2 Å². The van der Waals surface area contributed by atoms with Crippen LogP contribution in [0.5, 0.6) is 0 Å². The van der Waals surface area contributed by atoms with Crippen molar-refractivity contribution in [2.45, 2.75) is 20.4 Å². The molecule has 2 aliphatic heterocycles. The molecule has 230 valence electrons. The van der Waals surface area contributed by atoms with Crippen molar-refractivity contribution >= 4 is 40.2 Å². The lowest BCUT2D eigenvalue weighted by Gasteiger charge is -2.34. The van der Waals surface area contributed by atoms with Gasteiger partial charge in [-0.05, 0) is 62.0 Å². The molecule has 2 N–H and O–H groups in total. The van der Waals surface area contributed by atoms with Gasteiger partial charge in [0.25, 0.3) is 5.91 Å². The summed E-state index contributed by atoms with van der Waals surface area (Å²) in [7, 11) is 0. The normalized spacial score (nSPS) is 15.9. The van der Waals surface area contributed by atoms with E-state index < -0.39 is 11.8 Å². The number of likely N-dealkylation sites (N-methyl/N-ethyl adjacent to an activating group) is 1. The van der Waals surface area contributed by atoms with Crippen molar-refractivity contribution < 1.29 is 18.7 Å². The van der Waals surface area contributed by atoms with Crippen LogP contribution in [-0.4, -0.2) is 95.3 Å². The molecule has 0 unspecified atom stereocenters. The molecule has 12 heteroatoms. The standard InChI is InChI=1S/C32H37FN8O3/c1-3-38-13-15-41(16-14-38)31(42)22-5-7-23(8-6-22)34-32(43)35-24-9-10-25(27(33)21-24)28-36-29-26(11-12-39(29)4-2)30(37-28)40-17-19-44-20-18-40/h5-12,21H,3-4,13-20H2,1-2H3,(H2,34,35,43). The predicted molar refractivity (Wildman–Crippen MR) is 169 cm³/mol. The Kier molecular flexibility index (Phi) is 8.71. The van der Waals surface area contributed by atoms with Crippen molar-refractivity contribution in [3.05, 3.63) is 66.1 Å². The first-order chi connectivity index (χ1) is 21.4. The van der Waals surface area contributed by atoms with Gasteiger partial charge >= 0.3 is 6.03 Å². The predicted octanol–water partition coefficient (Wildman–Crippen LogP) is 4.52. The van der Waals surface area contributed by atoms with Crippen LogP contribution in [0.25, 0.3) is 22.4 Å². The summed E-state index contributed by atoms with van der Waals surface area (Å²) in [5.74, 6) is 0.471. The zero-order valence-electron chi connectivity index (χ0n) is 25.1. The van der Waals surface area contributed by atoms with E-state index in [9.17, 15) is 9.59 Å². The van der Waals surface area contributed by atoms with Crippen molar-refractivity contribution in [2.75, 3.05) is 74.6 Å². The van der Waals surface area contributed by atoms with Gasteiger partial charge in [-0.3, -0.25) is 4.79 Å². The van der Waals surface area contributed by atoms with E-state index in [4.69, 9.17) is 14.7 Å². The van der Waals surface area contributed by atoms with Gasteiger partial charge in [0.05, 0.1) is 24.2 Å². The Labute approximate surface area is 255 Å². The van der Waals surface area contributed by atoms with Gasteiger partial charge in [0.1, 0.15) is 17.3 Å². The summed E-state index contributed by atoms with van der Waals surface area (Å²) in [4.78, 5) is 41.4. The maximum Gasteiger partial charge on any atom is 0.323 e. The molecule has 3 amide bonds. The molecule has 0 spiro atoms. The molecule has 2 saturated heterocycles. The van der Waals surface area contributed by atoms with E-state index in [1.165, 1.54) is 6.07 Å². The molecular formula is C32H37FN8O3. The van der Waals surface area contributed by atoms with E-state index in [2.05, 4.69) is 27.4 Å². The monoisotopic (exact) mass is 600 g/mol. The Morgan fingerprint density at radius 3 is 2.25 bits per heavy atom. The smallest absolute Gasteiger partial charge is 0.323 e. The number of morpholine rings is 1. The third-order valence-electron chi connectivity index (χ3n) is 8.21. The SMILES string of the molecule is CCN1CCN(C(=O)c2ccc(NC(=O)Nc3ccc(-c4nc(N5CCOCC5)c5ccn(CC)c5n4)c(F)c3)cc2)CC1. The molecule has 11 nitrogen and oxygen atoms in total. The Bertz CT molecular complexity index is 1640. The number of carbonyl (C=O) groups is 2. The molecule has 44 heavy (non-hydrogen) atoms. The highest BCUT2D eigenvalue weighted by Crippen LogP contribution is 2.31. The summed E-state index contributed by atoms with van der Waals surface area (Å²) in [6.45, 7) is 11.6. The van der Waals surface area contributed by atoms with Gasteiger partial charge in [0.15, 0.2) is 5.82 Å². The highest BCUT2D eigenvalue weighted by molar-refractivity contribution is 6.00. The van der Waals surface area contributed by atoms with Crippen LogP contribution in [-0.2, 0) is 11.3 Å². The van der Waals surface area contributed by atoms with Crippen molar-refractivity contribution in [1.29, 1.82) is 0 Å². The molecule has 0 bridgehead atoms. The van der Waals surface area contributed by atoms with Gasteiger partial charge < -0.3 is 34.6 Å². The number of aryl methyl sites for hydroxylation is 1. The Morgan fingerprint density at radius 2 is 1.57 bits per heavy atom. The number of hydrogen-bond acceptors (Lipinski definition) is 7. The third-order valence-corrected chi connectivity index (χ3v) is 8.21. The molecule has 0 atom stereocenters. The van der Waals surface area contributed by atoms with E-state index in [1.54, 1.807) is 36.4 Å². The zero-order valence-corrected chi connectivity index (χ0v) is 25.1. The van der Waals surface area contributed by atoms with Gasteiger partial charge in [-0.15, -0.1) is 0 Å². The largest absolute Gasteiger partial charge is 0.378 e. The van der Waals surface area contributed by atoms with E-state index in [-0.39, 0.29) is 23.0 Å². The van der Waals surface area contributed by atoms with E-state index >= 15 is 4.39 Å². The second kappa shape index (κ2) is 13.0. The van der Waals surface area contributed by atoms with Crippen molar-refractivity contribution in [3.63, 3.8) is 0 Å². The summed E-state index contributed by atoms with van der Waals surface area (Å²) in [6, 6.07) is 12.7. The van der Waals surface area contributed by atoms with Gasteiger partial charge in [0, 0.05) is 68.9 Å². The second-order valence-corrected chi connectivity index (χ2v) is 10.9. The average molecular weight is 601 g/mol. The van der Waals surface area contributed by atoms with E-state index in [0.717, 1.165) is 43.0 Å². The molecule has 2 aromatic heterocycles. The summed E-state index contributed by atoms with van der Waals surface area (Å²) >= 11 is 0. The number of piperazine rings is 1. The minimum absolute atomic E-state index is 0.0181. The number of fused-ring (bicyclic) bond motifs is 1. The quantitative estimate of drug-likeness (QED) is 0.321. The van der Waals surface area contributed by atoms with E-state index in [1.807, 2.05) is 28.7 Å². The average Bonchev–Trinajstić information content (AvgIpc) is 3.48. The summed E-state index contributed by atoms with van der Waals surface area (Å²) in [5.41, 5.74) is 2.36. The number of rotatable bonds is 7. The fraction of sp³-hybridized carbons (Fsp3) is 0.375. The first-order valence-electron chi connectivity index (χ1n) is 15.1. The molecule has 6 rings (SSSR count). The molecule has 0 aliphatic carbocycles. The summed E-state index contributed by atoms with van der Waals surface area (Å²) in [6.07, 6.45) is 1.97. The lowest BCUT2D eigenvalue weighted by Crippen LogP contribution is -2.48. The fourth-order valence-corrected chi connectivity index (χ4v) is 5.65. The van der Waals surface area contributed by atoms with E-state index in [0.29, 0.717) is 50.6 Å². The highest BCUT2D eigenvalue weighted by Gasteiger charge is 2.23. The summed E-state index contributed by atoms with van der Waals surface area (Å²) < 4.78 is 23.0. The Morgan fingerprint density at radius 1 is 0.864 bits per heavy atom. The lowest BCUT2D eigenvalue weighted by molar-refractivity contribution is 0.0643.